The molecule has 7 atom stereocenters. The normalized spacial score (nSPS) is 23.0. The Balaban J connectivity index is 0.742. The Morgan fingerprint density at radius 3 is 2.55 bits per heavy atom. The third-order valence-corrected chi connectivity index (χ3v) is 17.7. The molecule has 2 bridgehead atoms. The van der Waals surface area contributed by atoms with Crippen molar-refractivity contribution in [2.75, 3.05) is 68.5 Å². The van der Waals surface area contributed by atoms with E-state index in [0.717, 1.165) is 43.5 Å². The molecule has 5 aliphatic heterocycles. The van der Waals surface area contributed by atoms with Crippen molar-refractivity contribution in [3.8, 4) is 41.1 Å². The summed E-state index contributed by atoms with van der Waals surface area (Å²) in [5.74, 6) is 0.751. The van der Waals surface area contributed by atoms with Crippen LogP contribution in [0.5, 0.6) is 17.5 Å². The smallest absolute Gasteiger partial charge is 0.319 e. The van der Waals surface area contributed by atoms with E-state index < -0.39 is 34.9 Å². The maximum atomic E-state index is 17.2. The molecule has 2 amide bonds. The predicted molar refractivity (Wildman–Crippen MR) is 317 cm³/mol. The standard InChI is InChI=1S/C63H64Cl2F2N10O5/c1-6-34-10-7-11-35-24-41(78)27-43(51(34)35)55-54(67)56-44(29-69-55)58(77-30-38-17-18-39(31-77)71-38)75-61(74-56)82-32-40-12-9-22-76(40)23-21-68-59(79)36-15-20-47(49(25-36)81-5)72-60(80)57-52(42-13-8-14-46(65)53(42)66)63(50(73-57)28-62(2,3)4)33-70-48-26-37(64)16-19-45(48)63/h1,7-8,10-11,13-16,19-20,24-27,29,38-40,50,52,57,70-71,73,78H,9,12,17-18,21-23,28,30-33H2,2-5H3,(H,68,79)(H,72,80)/t38-,39+,40-,50-,52-,57+,63-/m0/s1. The van der Waals surface area contributed by atoms with E-state index in [0.29, 0.717) is 94.1 Å². The average Bonchev–Trinajstić information content (AvgIpc) is 4.43. The number of rotatable bonds is 14. The molecule has 15 nitrogen and oxygen atoms in total. The van der Waals surface area contributed by atoms with Crippen LogP contribution < -0.4 is 41.0 Å². The molecule has 0 unspecified atom stereocenters. The minimum atomic E-state index is -0.919. The fraction of sp³-hybridized carbons (Fsp3) is 0.381. The largest absolute Gasteiger partial charge is 0.508 e. The molecule has 5 aliphatic rings. The Bertz CT molecular complexity index is 3710. The Kier molecular flexibility index (Phi) is 14.9. The first-order chi connectivity index (χ1) is 39.5. The number of phenolic OH excluding ortho intramolecular Hbond substituents is 1. The molecular formula is C63H64Cl2F2N10O5. The maximum absolute atomic E-state index is 17.2. The number of nitrogens with one attached hydrogen (secondary N) is 5. The Hall–Kier alpha value is -7.33. The first-order valence-corrected chi connectivity index (χ1v) is 28.7. The number of pyridine rings is 1. The van der Waals surface area contributed by atoms with Crippen molar-refractivity contribution in [3.63, 3.8) is 0 Å². The number of carbonyl (C=O) groups is 2. The number of nitrogens with zero attached hydrogens (tertiary/aromatic N) is 5. The van der Waals surface area contributed by atoms with Crippen LogP contribution in [0.15, 0.2) is 91.1 Å². The minimum absolute atomic E-state index is 0.00440. The van der Waals surface area contributed by atoms with Crippen molar-refractivity contribution in [2.24, 2.45) is 5.41 Å². The second-order valence-electron chi connectivity index (χ2n) is 23.6. The number of aromatic hydroxyl groups is 1. The van der Waals surface area contributed by atoms with Gasteiger partial charge in [-0.1, -0.05) is 80.2 Å². The molecule has 0 radical (unpaired) electrons. The van der Waals surface area contributed by atoms with Gasteiger partial charge in [0, 0.05) is 107 Å². The van der Waals surface area contributed by atoms with Crippen molar-refractivity contribution in [3.05, 3.63) is 135 Å². The summed E-state index contributed by atoms with van der Waals surface area (Å²) in [7, 11) is 1.47. The zero-order chi connectivity index (χ0) is 57.2. The van der Waals surface area contributed by atoms with E-state index in [4.69, 9.17) is 49.1 Å². The number of ether oxygens (including phenoxy) is 2. The summed E-state index contributed by atoms with van der Waals surface area (Å²) >= 11 is 13.0. The highest BCUT2D eigenvalue weighted by Gasteiger charge is 2.61. The SMILES string of the molecule is C#Cc1cccc2cc(O)cc(-c3ncc4c(N5C[C@H]6CC[C@@H](C5)N6)nc(OC[C@@H]5CCCN5CCNC(=O)c5ccc(NC(=O)[C@@H]6N[C@@H](CC(C)(C)C)[C@@]7(CNc8cc(Cl)ccc87)[C@H]6c6cccc(Cl)c6F)c(OC)c5)nc4c3F)c12. The van der Waals surface area contributed by atoms with Gasteiger partial charge in [-0.3, -0.25) is 19.5 Å². The molecule has 19 heteroatoms. The van der Waals surface area contributed by atoms with E-state index >= 15 is 8.78 Å². The van der Waals surface area contributed by atoms with Crippen molar-refractivity contribution in [1.29, 1.82) is 0 Å². The monoisotopic (exact) mass is 1150 g/mol. The fourth-order valence-electron chi connectivity index (χ4n) is 13.6. The number of likely N-dealkylation sites (tertiary alicyclic amines) is 1. The lowest BCUT2D eigenvalue weighted by Crippen LogP contribution is -2.51. The Morgan fingerprint density at radius 2 is 1.77 bits per heavy atom. The van der Waals surface area contributed by atoms with Crippen molar-refractivity contribution in [2.45, 2.75) is 94.4 Å². The van der Waals surface area contributed by atoms with Crippen LogP contribution in [0, 0.1) is 29.4 Å². The number of benzene rings is 5. The molecule has 6 N–H and O–H groups in total. The van der Waals surface area contributed by atoms with Gasteiger partial charge >= 0.3 is 6.01 Å². The second-order valence-corrected chi connectivity index (χ2v) is 24.4. The van der Waals surface area contributed by atoms with E-state index in [1.54, 1.807) is 54.7 Å². The molecule has 5 aromatic carbocycles. The van der Waals surface area contributed by atoms with Gasteiger partial charge in [-0.05, 0) is 115 Å². The van der Waals surface area contributed by atoms with Gasteiger partial charge < -0.3 is 46.1 Å². The lowest BCUT2D eigenvalue weighted by atomic mass is 9.63. The Morgan fingerprint density at radius 1 is 0.963 bits per heavy atom. The lowest BCUT2D eigenvalue weighted by Gasteiger charge is -2.39. The summed E-state index contributed by atoms with van der Waals surface area (Å²) in [6, 6.07) is 23.2. The highest BCUT2D eigenvalue weighted by Crippen LogP contribution is 2.57. The number of carbonyl (C=O) groups excluding carboxylic acids is 2. The quantitative estimate of drug-likeness (QED) is 0.0568. The van der Waals surface area contributed by atoms with E-state index in [9.17, 15) is 14.7 Å². The predicted octanol–water partition coefficient (Wildman–Crippen LogP) is 10.2. The minimum Gasteiger partial charge on any atom is -0.508 e. The van der Waals surface area contributed by atoms with Crippen LogP contribution in [-0.2, 0) is 10.2 Å². The van der Waals surface area contributed by atoms with Gasteiger partial charge in [0.05, 0.1) is 29.2 Å². The number of hydrogen-bond acceptors (Lipinski definition) is 13. The number of terminal acetylenes is 1. The number of amides is 2. The van der Waals surface area contributed by atoms with Crippen LogP contribution in [0.4, 0.5) is 26.0 Å². The van der Waals surface area contributed by atoms with Crippen molar-refractivity contribution < 1.29 is 33.0 Å². The van der Waals surface area contributed by atoms with Crippen LogP contribution in [0.2, 0.25) is 10.0 Å². The molecular weight excluding hydrogens is 1090 g/mol. The van der Waals surface area contributed by atoms with Crippen LogP contribution in [0.1, 0.15) is 85.8 Å². The number of phenols is 1. The van der Waals surface area contributed by atoms with Crippen LogP contribution in [0.3, 0.4) is 0 Å². The number of aromatic nitrogens is 3. The number of piperazine rings is 1. The molecule has 424 valence electrons. The fourth-order valence-corrected chi connectivity index (χ4v) is 13.9. The first-order valence-electron chi connectivity index (χ1n) is 28.0. The van der Waals surface area contributed by atoms with Crippen LogP contribution >= 0.6 is 23.2 Å². The Labute approximate surface area is 484 Å². The van der Waals surface area contributed by atoms with E-state index in [2.05, 4.69) is 68.1 Å². The number of anilines is 3. The van der Waals surface area contributed by atoms with E-state index in [1.165, 1.54) is 19.2 Å². The summed E-state index contributed by atoms with van der Waals surface area (Å²) in [4.78, 5) is 47.4. The van der Waals surface area contributed by atoms with Gasteiger partial charge in [-0.25, -0.2) is 8.78 Å². The third kappa shape index (κ3) is 10.3. The molecule has 0 saturated carbocycles. The summed E-state index contributed by atoms with van der Waals surface area (Å²) in [5, 5.41) is 30.0. The van der Waals surface area contributed by atoms with Crippen LogP contribution in [0.25, 0.3) is 32.9 Å². The highest BCUT2D eigenvalue weighted by molar-refractivity contribution is 6.31. The number of methoxy groups -OCH3 is 1. The first kappa shape index (κ1) is 55.2. The second kappa shape index (κ2) is 22.1. The van der Waals surface area contributed by atoms with Gasteiger partial charge in [0.25, 0.3) is 5.91 Å². The van der Waals surface area contributed by atoms with Gasteiger partial charge in [-0.15, -0.1) is 6.42 Å². The van der Waals surface area contributed by atoms with Gasteiger partial charge in [0.1, 0.15) is 41.0 Å². The number of fused-ring (bicyclic) bond motifs is 6. The topological polar surface area (TPSA) is 178 Å². The summed E-state index contributed by atoms with van der Waals surface area (Å²) < 4.78 is 45.9. The molecule has 2 aromatic heterocycles. The molecule has 4 saturated heterocycles. The van der Waals surface area contributed by atoms with Crippen molar-refractivity contribution in [1.82, 2.24) is 35.8 Å². The molecule has 12 rings (SSSR count). The lowest BCUT2D eigenvalue weighted by molar-refractivity contribution is -0.118. The zero-order valence-corrected chi connectivity index (χ0v) is 47.5. The number of halogens is 4. The average molecular weight is 1150 g/mol. The molecule has 1 spiro atoms. The van der Waals surface area contributed by atoms with Crippen molar-refractivity contribution >= 4 is 73.9 Å². The van der Waals surface area contributed by atoms with Gasteiger partial charge in [0.15, 0.2) is 5.82 Å². The molecule has 7 aromatic rings. The molecule has 82 heavy (non-hydrogen) atoms. The zero-order valence-electron chi connectivity index (χ0n) is 46.0. The number of hydrogen-bond donors (Lipinski definition) is 6. The highest BCUT2D eigenvalue weighted by atomic mass is 35.5. The third-order valence-electron chi connectivity index (χ3n) is 17.2. The maximum Gasteiger partial charge on any atom is 0.319 e. The van der Waals surface area contributed by atoms with Crippen LogP contribution in [-0.4, -0.2) is 120 Å². The van der Waals surface area contributed by atoms with E-state index in [-0.39, 0.29) is 75.8 Å². The molecule has 0 aliphatic carbocycles. The van der Waals surface area contributed by atoms with Gasteiger partial charge in [-0.2, -0.15) is 9.97 Å². The summed E-state index contributed by atoms with van der Waals surface area (Å²) in [6.45, 7) is 10.1. The molecule has 4 fully saturated rings. The van der Waals surface area contributed by atoms with E-state index in [1.807, 2.05) is 24.3 Å². The molecule has 7 heterocycles. The summed E-state index contributed by atoms with van der Waals surface area (Å²) in [6.07, 6.45) is 12.0. The van der Waals surface area contributed by atoms with Gasteiger partial charge in [0.2, 0.25) is 5.91 Å². The summed E-state index contributed by atoms with van der Waals surface area (Å²) in [5.41, 5.74) is 2.74.